The van der Waals surface area contributed by atoms with Gasteiger partial charge in [-0.05, 0) is 31.6 Å². The highest BCUT2D eigenvalue weighted by Gasteiger charge is 2.25. The third kappa shape index (κ3) is 6.04. The number of aromatic nitrogens is 2. The molecule has 5 nitrogen and oxygen atoms in total. The lowest BCUT2D eigenvalue weighted by molar-refractivity contribution is -0.132. The summed E-state index contributed by atoms with van der Waals surface area (Å²) in [6.07, 6.45) is 1.71. The Balaban J connectivity index is 1.62. The molecule has 3 rings (SSSR count). The molecular formula is C25H36N4O. The normalized spacial score (nSPS) is 15.9. The lowest BCUT2D eigenvalue weighted by Crippen LogP contribution is -2.49. The average molecular weight is 409 g/mol. The number of aryl methyl sites for hydroxylation is 2. The van der Waals surface area contributed by atoms with Crippen molar-refractivity contribution in [2.75, 3.05) is 31.1 Å². The molecule has 0 N–H and O–H groups in total. The number of amides is 1. The minimum absolute atomic E-state index is 0.262. The lowest BCUT2D eigenvalue weighted by atomic mass is 9.84. The molecule has 0 unspecified atom stereocenters. The number of carbonyl (C=O) groups excluding carboxylic acids is 1. The van der Waals surface area contributed by atoms with Gasteiger partial charge in [0.2, 0.25) is 5.91 Å². The van der Waals surface area contributed by atoms with Crippen molar-refractivity contribution in [1.82, 2.24) is 14.9 Å². The maximum Gasteiger partial charge on any atom is 0.222 e. The van der Waals surface area contributed by atoms with Gasteiger partial charge in [-0.2, -0.15) is 0 Å². The largest absolute Gasteiger partial charge is 0.353 e. The van der Waals surface area contributed by atoms with Crippen LogP contribution in [0.3, 0.4) is 0 Å². The standard InChI is InChI=1S/C25H36N4O/c1-18-7-9-21(10-8-18)24-26-20(3)16-22(27-24)28-11-13-29(14-12-28)23(30)15-19(2)17-25(4,5)6/h7-10,16,19H,11-15,17H2,1-6H3/t19-/m0/s1. The second kappa shape index (κ2) is 9.15. The van der Waals surface area contributed by atoms with E-state index >= 15 is 0 Å². The van der Waals surface area contributed by atoms with Crippen LogP contribution in [0.4, 0.5) is 5.82 Å². The Kier molecular flexibility index (Phi) is 6.79. The van der Waals surface area contributed by atoms with Crippen LogP contribution in [0.25, 0.3) is 11.4 Å². The first kappa shape index (κ1) is 22.3. The number of benzene rings is 1. The first-order valence-electron chi connectivity index (χ1n) is 11.1. The van der Waals surface area contributed by atoms with E-state index in [-0.39, 0.29) is 11.3 Å². The summed E-state index contributed by atoms with van der Waals surface area (Å²) in [6.45, 7) is 16.1. The van der Waals surface area contributed by atoms with Crippen molar-refractivity contribution >= 4 is 11.7 Å². The Morgan fingerprint density at radius 1 is 1.03 bits per heavy atom. The summed E-state index contributed by atoms with van der Waals surface area (Å²) >= 11 is 0. The SMILES string of the molecule is Cc1ccc(-c2nc(C)cc(N3CCN(C(=O)C[C@H](C)CC(C)(C)C)CC3)n2)cc1. The van der Waals surface area contributed by atoms with Crippen molar-refractivity contribution in [2.24, 2.45) is 11.3 Å². The Morgan fingerprint density at radius 3 is 2.27 bits per heavy atom. The van der Waals surface area contributed by atoms with Gasteiger partial charge in [-0.25, -0.2) is 9.97 Å². The number of hydrogen-bond donors (Lipinski definition) is 0. The molecule has 1 saturated heterocycles. The summed E-state index contributed by atoms with van der Waals surface area (Å²) in [5.74, 6) is 2.41. The monoisotopic (exact) mass is 408 g/mol. The molecule has 0 radical (unpaired) electrons. The van der Waals surface area contributed by atoms with Gasteiger partial charge < -0.3 is 9.80 Å². The van der Waals surface area contributed by atoms with Gasteiger partial charge in [0.15, 0.2) is 5.82 Å². The summed E-state index contributed by atoms with van der Waals surface area (Å²) in [7, 11) is 0. The summed E-state index contributed by atoms with van der Waals surface area (Å²) in [6, 6.07) is 10.4. The number of anilines is 1. The second-order valence-corrected chi connectivity index (χ2v) is 10.00. The maximum atomic E-state index is 12.7. The van der Waals surface area contributed by atoms with Crippen LogP contribution in [0, 0.1) is 25.2 Å². The third-order valence-corrected chi connectivity index (χ3v) is 5.59. The Labute approximate surface area is 181 Å². The van der Waals surface area contributed by atoms with Crippen LogP contribution in [0.2, 0.25) is 0 Å². The molecule has 30 heavy (non-hydrogen) atoms. The van der Waals surface area contributed by atoms with Gasteiger partial charge in [-0.15, -0.1) is 0 Å². The van der Waals surface area contributed by atoms with Gasteiger partial charge >= 0.3 is 0 Å². The van der Waals surface area contributed by atoms with Crippen LogP contribution < -0.4 is 4.90 Å². The van der Waals surface area contributed by atoms with Crippen molar-refractivity contribution in [3.05, 3.63) is 41.6 Å². The van der Waals surface area contributed by atoms with Crippen molar-refractivity contribution in [1.29, 1.82) is 0 Å². The van der Waals surface area contributed by atoms with Gasteiger partial charge in [0.05, 0.1) is 0 Å². The molecule has 2 aromatic rings. The van der Waals surface area contributed by atoms with Gasteiger partial charge in [-0.1, -0.05) is 57.5 Å². The average Bonchev–Trinajstić information content (AvgIpc) is 2.66. The van der Waals surface area contributed by atoms with E-state index in [0.717, 1.165) is 55.5 Å². The van der Waals surface area contributed by atoms with Crippen molar-refractivity contribution in [3.8, 4) is 11.4 Å². The molecule has 1 fully saturated rings. The fraction of sp³-hybridized carbons (Fsp3) is 0.560. The fourth-order valence-corrected chi connectivity index (χ4v) is 4.28. The molecule has 1 atom stereocenters. The van der Waals surface area contributed by atoms with E-state index < -0.39 is 0 Å². The van der Waals surface area contributed by atoms with Gasteiger partial charge in [0.25, 0.3) is 0 Å². The molecule has 5 heteroatoms. The molecule has 2 heterocycles. The van der Waals surface area contributed by atoms with Crippen molar-refractivity contribution < 1.29 is 4.79 Å². The molecule has 0 bridgehead atoms. The van der Waals surface area contributed by atoms with Crippen LogP contribution >= 0.6 is 0 Å². The molecular weight excluding hydrogens is 372 g/mol. The van der Waals surface area contributed by atoms with Gasteiger partial charge in [-0.3, -0.25) is 4.79 Å². The van der Waals surface area contributed by atoms with Crippen LogP contribution in [0.15, 0.2) is 30.3 Å². The highest BCUT2D eigenvalue weighted by molar-refractivity contribution is 5.76. The van der Waals surface area contributed by atoms with Gasteiger partial charge in [0, 0.05) is 49.9 Å². The van der Waals surface area contributed by atoms with Gasteiger partial charge in [0.1, 0.15) is 5.82 Å². The number of rotatable bonds is 5. The molecule has 1 aromatic heterocycles. The van der Waals surface area contributed by atoms with E-state index in [1.165, 1.54) is 5.56 Å². The second-order valence-electron chi connectivity index (χ2n) is 10.00. The zero-order valence-corrected chi connectivity index (χ0v) is 19.4. The topological polar surface area (TPSA) is 49.3 Å². The van der Waals surface area contributed by atoms with Crippen molar-refractivity contribution in [3.63, 3.8) is 0 Å². The predicted octanol–water partition coefficient (Wildman–Crippen LogP) is 4.87. The summed E-state index contributed by atoms with van der Waals surface area (Å²) in [5.41, 5.74) is 3.49. The molecule has 1 aliphatic heterocycles. The number of carbonyl (C=O) groups is 1. The van der Waals surface area contributed by atoms with E-state index in [9.17, 15) is 4.79 Å². The van der Waals surface area contributed by atoms with Crippen LogP contribution in [0.5, 0.6) is 0 Å². The highest BCUT2D eigenvalue weighted by Crippen LogP contribution is 2.27. The molecule has 162 valence electrons. The Morgan fingerprint density at radius 2 is 1.67 bits per heavy atom. The lowest BCUT2D eigenvalue weighted by Gasteiger charge is -2.36. The minimum atomic E-state index is 0.262. The van der Waals surface area contributed by atoms with E-state index in [1.807, 2.05) is 17.9 Å². The van der Waals surface area contributed by atoms with Crippen LogP contribution in [0.1, 0.15) is 51.8 Å². The quantitative estimate of drug-likeness (QED) is 0.708. The molecule has 0 saturated carbocycles. The summed E-state index contributed by atoms with van der Waals surface area (Å²) in [5, 5.41) is 0. The van der Waals surface area contributed by atoms with Crippen molar-refractivity contribution in [2.45, 2.75) is 54.4 Å². The predicted molar refractivity (Wildman–Crippen MR) is 124 cm³/mol. The first-order chi connectivity index (χ1) is 14.1. The van der Waals surface area contributed by atoms with E-state index in [2.05, 4.69) is 68.8 Å². The first-order valence-corrected chi connectivity index (χ1v) is 11.1. The number of nitrogens with zero attached hydrogens (tertiary/aromatic N) is 4. The highest BCUT2D eigenvalue weighted by atomic mass is 16.2. The van der Waals surface area contributed by atoms with E-state index in [0.29, 0.717) is 12.3 Å². The fourth-order valence-electron chi connectivity index (χ4n) is 4.28. The Bertz CT molecular complexity index is 862. The minimum Gasteiger partial charge on any atom is -0.353 e. The number of hydrogen-bond acceptors (Lipinski definition) is 4. The van der Waals surface area contributed by atoms with E-state index in [1.54, 1.807) is 0 Å². The summed E-state index contributed by atoms with van der Waals surface area (Å²) < 4.78 is 0. The van der Waals surface area contributed by atoms with Crippen LogP contribution in [-0.2, 0) is 4.79 Å². The number of piperazine rings is 1. The molecule has 1 aliphatic rings. The zero-order chi connectivity index (χ0) is 21.9. The Hall–Kier alpha value is -2.43. The smallest absolute Gasteiger partial charge is 0.222 e. The molecule has 1 amide bonds. The molecule has 1 aromatic carbocycles. The van der Waals surface area contributed by atoms with Crippen LogP contribution in [-0.4, -0.2) is 47.0 Å². The molecule has 0 aliphatic carbocycles. The maximum absolute atomic E-state index is 12.7. The molecule has 0 spiro atoms. The van der Waals surface area contributed by atoms with E-state index in [4.69, 9.17) is 4.98 Å². The summed E-state index contributed by atoms with van der Waals surface area (Å²) in [4.78, 5) is 26.5. The third-order valence-electron chi connectivity index (χ3n) is 5.59. The zero-order valence-electron chi connectivity index (χ0n) is 19.4.